The number of nitrogens with zero attached hydrogens (tertiary/aromatic N) is 5. The van der Waals surface area contributed by atoms with Gasteiger partial charge in [0.15, 0.2) is 0 Å². The molecule has 2 atom stereocenters. The Kier molecular flexibility index (Phi) is 6.90. The molecule has 4 rings (SSSR count). The van der Waals surface area contributed by atoms with Crippen LogP contribution in [0.5, 0.6) is 0 Å². The van der Waals surface area contributed by atoms with Crippen molar-refractivity contribution < 1.29 is 19.1 Å². The highest BCUT2D eigenvalue weighted by atomic mass is 19.1. The van der Waals surface area contributed by atoms with Crippen molar-refractivity contribution in [2.75, 3.05) is 25.0 Å². The van der Waals surface area contributed by atoms with E-state index in [-0.39, 0.29) is 24.1 Å². The standard InChI is InChI=1S/C25H28FN7O3/c1-15(34)32-7-6-18(32)12-28-20-9-21(22-5-4-17-8-16(10-27)11-31-33(17)22)29-13-19(20)24(35)30-14-23(26)25(2,3)36/h4-5,8-9,11,13,18,23,36H,6-7,12,14H2,1-3H3,(H,28,29)(H,30,35)/t18-,23-/m1/s1. The van der Waals surface area contributed by atoms with Gasteiger partial charge in [-0.15, -0.1) is 0 Å². The van der Waals surface area contributed by atoms with Gasteiger partial charge in [0.25, 0.3) is 5.91 Å². The molecule has 3 aromatic heterocycles. The number of nitrogens with one attached hydrogen (secondary N) is 2. The number of carbonyl (C=O) groups excluding carboxylic acids is 2. The van der Waals surface area contributed by atoms with Gasteiger partial charge in [0, 0.05) is 26.2 Å². The van der Waals surface area contributed by atoms with E-state index in [1.54, 1.807) is 21.5 Å². The van der Waals surface area contributed by atoms with E-state index in [2.05, 4.69) is 26.8 Å². The zero-order chi connectivity index (χ0) is 26.0. The fourth-order valence-electron chi connectivity index (χ4n) is 4.00. The van der Waals surface area contributed by atoms with Crippen molar-refractivity contribution in [2.45, 2.75) is 45.0 Å². The van der Waals surface area contributed by atoms with Crippen molar-refractivity contribution in [3.05, 3.63) is 47.8 Å². The number of carbonyl (C=O) groups is 2. The molecule has 3 aromatic rings. The van der Waals surface area contributed by atoms with Crippen molar-refractivity contribution in [3.8, 4) is 17.5 Å². The van der Waals surface area contributed by atoms with E-state index in [0.29, 0.717) is 41.2 Å². The van der Waals surface area contributed by atoms with Gasteiger partial charge in [-0.3, -0.25) is 14.6 Å². The van der Waals surface area contributed by atoms with Crippen LogP contribution in [0.4, 0.5) is 10.1 Å². The molecule has 188 valence electrons. The summed E-state index contributed by atoms with van der Waals surface area (Å²) in [5, 5.41) is 29.0. The topological polar surface area (TPSA) is 136 Å². The van der Waals surface area contributed by atoms with E-state index in [9.17, 15) is 19.1 Å². The molecule has 3 N–H and O–H groups in total. The maximum Gasteiger partial charge on any atom is 0.255 e. The lowest BCUT2D eigenvalue weighted by molar-refractivity contribution is -0.135. The lowest BCUT2D eigenvalue weighted by Crippen LogP contribution is -2.53. The third-order valence-corrected chi connectivity index (χ3v) is 6.33. The van der Waals surface area contributed by atoms with Crippen molar-refractivity contribution in [2.24, 2.45) is 0 Å². The third kappa shape index (κ3) is 5.13. The number of rotatable bonds is 8. The summed E-state index contributed by atoms with van der Waals surface area (Å²) in [7, 11) is 0. The van der Waals surface area contributed by atoms with Crippen molar-refractivity contribution in [1.29, 1.82) is 5.26 Å². The Morgan fingerprint density at radius 2 is 2.11 bits per heavy atom. The molecule has 0 unspecified atom stereocenters. The fraction of sp³-hybridized carbons (Fsp3) is 0.400. The lowest BCUT2D eigenvalue weighted by Gasteiger charge is -2.40. The molecule has 2 amide bonds. The normalized spacial score (nSPS) is 16.2. The SMILES string of the molecule is CC(=O)N1CC[C@@H]1CNc1cc(-c2ccc3cc(C#N)cnn23)ncc1C(=O)NC[C@@H](F)C(C)(C)O. The zero-order valence-electron chi connectivity index (χ0n) is 20.3. The number of fused-ring (bicyclic) bond motifs is 1. The van der Waals surface area contributed by atoms with Gasteiger partial charge in [-0.05, 0) is 44.5 Å². The van der Waals surface area contributed by atoms with Gasteiger partial charge in [0.05, 0.1) is 58.1 Å². The second-order valence-corrected chi connectivity index (χ2v) is 9.39. The van der Waals surface area contributed by atoms with Crippen molar-refractivity contribution in [3.63, 3.8) is 0 Å². The minimum Gasteiger partial charge on any atom is -0.387 e. The predicted molar refractivity (Wildman–Crippen MR) is 131 cm³/mol. The summed E-state index contributed by atoms with van der Waals surface area (Å²) in [6, 6.07) is 9.10. The Bertz CT molecular complexity index is 1340. The quantitative estimate of drug-likeness (QED) is 0.437. The molecule has 0 bridgehead atoms. The number of anilines is 1. The maximum absolute atomic E-state index is 14.2. The molecule has 0 saturated carbocycles. The molecule has 11 heteroatoms. The monoisotopic (exact) mass is 493 g/mol. The molecule has 36 heavy (non-hydrogen) atoms. The van der Waals surface area contributed by atoms with Crippen LogP contribution in [0.1, 0.15) is 43.1 Å². The Morgan fingerprint density at radius 3 is 2.75 bits per heavy atom. The molecule has 0 spiro atoms. The molecule has 0 aromatic carbocycles. The molecule has 1 saturated heterocycles. The minimum atomic E-state index is -1.65. The molecule has 0 radical (unpaired) electrons. The first-order chi connectivity index (χ1) is 17.1. The summed E-state index contributed by atoms with van der Waals surface area (Å²) < 4.78 is 15.8. The van der Waals surface area contributed by atoms with Gasteiger partial charge in [-0.1, -0.05) is 0 Å². The van der Waals surface area contributed by atoms with Gasteiger partial charge in [0.2, 0.25) is 5.91 Å². The van der Waals surface area contributed by atoms with Gasteiger partial charge in [-0.2, -0.15) is 10.4 Å². The van der Waals surface area contributed by atoms with Gasteiger partial charge in [-0.25, -0.2) is 8.91 Å². The largest absolute Gasteiger partial charge is 0.387 e. The number of likely N-dealkylation sites (tertiary alicyclic amines) is 1. The maximum atomic E-state index is 14.2. The number of hydrogen-bond donors (Lipinski definition) is 3. The van der Waals surface area contributed by atoms with Crippen LogP contribution in [0.3, 0.4) is 0 Å². The Labute approximate surface area is 207 Å². The summed E-state index contributed by atoms with van der Waals surface area (Å²) in [5.41, 5.74) is 1.42. The smallest absolute Gasteiger partial charge is 0.255 e. The lowest BCUT2D eigenvalue weighted by atomic mass is 10.0. The Balaban J connectivity index is 1.63. The molecule has 4 heterocycles. The van der Waals surface area contributed by atoms with Crippen molar-refractivity contribution in [1.82, 2.24) is 24.8 Å². The number of alkyl halides is 1. The summed E-state index contributed by atoms with van der Waals surface area (Å²) in [6.45, 7) is 4.95. The highest BCUT2D eigenvalue weighted by molar-refractivity contribution is 6.00. The number of hydrogen-bond acceptors (Lipinski definition) is 7. The number of aliphatic hydroxyl groups is 1. The van der Waals surface area contributed by atoms with Crippen LogP contribution in [-0.2, 0) is 4.79 Å². The van der Waals surface area contributed by atoms with E-state index >= 15 is 0 Å². The van der Waals surface area contributed by atoms with E-state index < -0.39 is 17.7 Å². The van der Waals surface area contributed by atoms with Gasteiger partial charge < -0.3 is 20.6 Å². The average molecular weight is 494 g/mol. The number of amides is 2. The third-order valence-electron chi connectivity index (χ3n) is 6.33. The highest BCUT2D eigenvalue weighted by Gasteiger charge is 2.30. The van der Waals surface area contributed by atoms with Crippen LogP contribution in [0, 0.1) is 11.3 Å². The van der Waals surface area contributed by atoms with E-state index in [0.717, 1.165) is 6.42 Å². The molecule has 0 aliphatic carbocycles. The van der Waals surface area contributed by atoms with Crippen LogP contribution in [0.2, 0.25) is 0 Å². The van der Waals surface area contributed by atoms with E-state index in [4.69, 9.17) is 5.26 Å². The molecular formula is C25H28FN7O3. The first-order valence-corrected chi connectivity index (χ1v) is 11.6. The molecule has 1 aliphatic heterocycles. The van der Waals surface area contributed by atoms with Crippen LogP contribution in [0.25, 0.3) is 16.9 Å². The van der Waals surface area contributed by atoms with E-state index in [1.165, 1.54) is 33.2 Å². The summed E-state index contributed by atoms with van der Waals surface area (Å²) in [5.74, 6) is -0.554. The summed E-state index contributed by atoms with van der Waals surface area (Å²) in [4.78, 5) is 30.9. The Hall–Kier alpha value is -4.04. The van der Waals surface area contributed by atoms with Gasteiger partial charge in [0.1, 0.15) is 12.2 Å². The molecule has 1 aliphatic rings. The summed E-state index contributed by atoms with van der Waals surface area (Å²) in [6.07, 6.45) is 2.05. The summed E-state index contributed by atoms with van der Waals surface area (Å²) >= 11 is 0. The molecule has 1 fully saturated rings. The molecular weight excluding hydrogens is 465 g/mol. The van der Waals surface area contributed by atoms with E-state index in [1.807, 2.05) is 12.1 Å². The highest BCUT2D eigenvalue weighted by Crippen LogP contribution is 2.27. The van der Waals surface area contributed by atoms with Crippen LogP contribution < -0.4 is 10.6 Å². The number of aromatic nitrogens is 3. The van der Waals surface area contributed by atoms with Crippen molar-refractivity contribution >= 4 is 23.0 Å². The molecule has 10 nitrogen and oxygen atoms in total. The number of halogens is 1. The zero-order valence-corrected chi connectivity index (χ0v) is 20.3. The first-order valence-electron chi connectivity index (χ1n) is 11.6. The van der Waals surface area contributed by atoms with Crippen LogP contribution in [-0.4, -0.2) is 73.9 Å². The fourth-order valence-corrected chi connectivity index (χ4v) is 4.00. The average Bonchev–Trinajstić information content (AvgIpc) is 3.23. The Morgan fingerprint density at radius 1 is 1.33 bits per heavy atom. The van der Waals surface area contributed by atoms with Crippen LogP contribution in [0.15, 0.2) is 36.7 Å². The number of pyridine rings is 1. The van der Waals surface area contributed by atoms with Gasteiger partial charge >= 0.3 is 0 Å². The predicted octanol–water partition coefficient (Wildman–Crippen LogP) is 2.14. The second-order valence-electron chi connectivity index (χ2n) is 9.39. The number of nitriles is 1. The first kappa shape index (κ1) is 25.1. The minimum absolute atomic E-state index is 0.000589. The van der Waals surface area contributed by atoms with Crippen LogP contribution >= 0.6 is 0 Å². The second kappa shape index (κ2) is 9.91.